The van der Waals surface area contributed by atoms with E-state index in [2.05, 4.69) is 56.7 Å². The highest BCUT2D eigenvalue weighted by Crippen LogP contribution is 2.32. The lowest BCUT2D eigenvalue weighted by Crippen LogP contribution is -2.46. The quantitative estimate of drug-likeness (QED) is 0.663. The van der Waals surface area contributed by atoms with Gasteiger partial charge in [-0.25, -0.2) is 0 Å². The van der Waals surface area contributed by atoms with Crippen molar-refractivity contribution in [1.29, 1.82) is 0 Å². The number of hydrogen-bond acceptors (Lipinski definition) is 3. The van der Waals surface area contributed by atoms with Gasteiger partial charge >= 0.3 is 0 Å². The number of aryl methyl sites for hydroxylation is 1. The number of aliphatic imine (C=N–C) groups is 1. The summed E-state index contributed by atoms with van der Waals surface area (Å²) in [5.41, 5.74) is 2.87. The van der Waals surface area contributed by atoms with Crippen LogP contribution in [0.15, 0.2) is 27.7 Å². The molecule has 0 aromatic heterocycles. The van der Waals surface area contributed by atoms with Crippen LogP contribution in [0.25, 0.3) is 0 Å². The molecule has 104 valence electrons. The summed E-state index contributed by atoms with van der Waals surface area (Å²) < 4.78 is 1.17. The van der Waals surface area contributed by atoms with Gasteiger partial charge in [-0.15, -0.1) is 24.0 Å². The molecule has 1 aromatic carbocycles. The average molecular weight is 436 g/mol. The van der Waals surface area contributed by atoms with Crippen molar-refractivity contribution in [2.24, 2.45) is 4.99 Å². The Bertz CT molecular complexity index is 490. The summed E-state index contributed by atoms with van der Waals surface area (Å²) in [6, 6.07) is 7.50. The first kappa shape index (κ1) is 15.1. The van der Waals surface area contributed by atoms with E-state index in [4.69, 9.17) is 0 Å². The molecule has 1 aromatic rings. The second-order valence-corrected chi connectivity index (χ2v) is 6.06. The van der Waals surface area contributed by atoms with Crippen LogP contribution in [-0.4, -0.2) is 18.5 Å². The molecule has 0 bridgehead atoms. The summed E-state index contributed by atoms with van der Waals surface area (Å²) in [5.74, 6) is 0.967. The van der Waals surface area contributed by atoms with Crippen molar-refractivity contribution in [3.63, 3.8) is 0 Å². The standard InChI is InChI=1S/C14H18BrN3.HI/c1-9-6-7-16-14(17-9)18-13-5-2-10-8-11(15)3-4-12(10)13;/h3-4,8-9,13H,2,5-7H2,1H3,(H2,16,17,18);1H. The van der Waals surface area contributed by atoms with Gasteiger partial charge in [0.1, 0.15) is 0 Å². The molecule has 1 aliphatic heterocycles. The summed E-state index contributed by atoms with van der Waals surface area (Å²) in [6.07, 6.45) is 3.43. The van der Waals surface area contributed by atoms with Crippen molar-refractivity contribution >= 4 is 45.9 Å². The number of fused-ring (bicyclic) bond motifs is 1. The van der Waals surface area contributed by atoms with Crippen LogP contribution < -0.4 is 10.6 Å². The summed E-state index contributed by atoms with van der Waals surface area (Å²) in [6.45, 7) is 3.13. The molecule has 0 amide bonds. The Hall–Kier alpha value is -0.300. The van der Waals surface area contributed by atoms with Gasteiger partial charge in [0.2, 0.25) is 0 Å². The Morgan fingerprint density at radius 1 is 1.37 bits per heavy atom. The van der Waals surface area contributed by atoms with Crippen molar-refractivity contribution in [1.82, 2.24) is 10.6 Å². The van der Waals surface area contributed by atoms with E-state index in [1.54, 1.807) is 0 Å². The lowest BCUT2D eigenvalue weighted by atomic mass is 10.1. The lowest BCUT2D eigenvalue weighted by Gasteiger charge is -2.25. The molecule has 2 unspecified atom stereocenters. The van der Waals surface area contributed by atoms with E-state index in [0.717, 1.165) is 31.8 Å². The molecule has 0 fully saturated rings. The van der Waals surface area contributed by atoms with E-state index < -0.39 is 0 Å². The molecule has 2 atom stereocenters. The van der Waals surface area contributed by atoms with Gasteiger partial charge in [-0.05, 0) is 49.4 Å². The fourth-order valence-electron chi connectivity index (χ4n) is 2.71. The smallest absolute Gasteiger partial charge is 0.191 e. The van der Waals surface area contributed by atoms with Crippen LogP contribution in [0.1, 0.15) is 36.9 Å². The minimum atomic E-state index is 0. The fraction of sp³-hybridized carbons (Fsp3) is 0.500. The number of hydrogen-bond donors (Lipinski definition) is 2. The van der Waals surface area contributed by atoms with E-state index in [0.29, 0.717) is 12.1 Å². The zero-order valence-corrected chi connectivity index (χ0v) is 14.9. The number of benzene rings is 1. The Balaban J connectivity index is 0.00000133. The Kier molecular flexibility index (Phi) is 5.11. The largest absolute Gasteiger partial charge is 0.354 e. The first-order chi connectivity index (χ1) is 8.72. The van der Waals surface area contributed by atoms with Gasteiger partial charge < -0.3 is 10.6 Å². The molecular formula is C14H19BrIN3. The van der Waals surface area contributed by atoms with Crippen LogP contribution in [0.5, 0.6) is 0 Å². The number of rotatable bonds is 1. The maximum atomic E-state index is 4.52. The highest BCUT2D eigenvalue weighted by Gasteiger charge is 2.24. The van der Waals surface area contributed by atoms with Crippen molar-refractivity contribution in [2.45, 2.75) is 38.3 Å². The highest BCUT2D eigenvalue weighted by atomic mass is 127. The second kappa shape index (κ2) is 6.43. The predicted octanol–water partition coefficient (Wildman–Crippen LogP) is 3.38. The van der Waals surface area contributed by atoms with Gasteiger partial charge in [0.05, 0.1) is 6.04 Å². The normalized spacial score (nSPS) is 24.8. The minimum absolute atomic E-state index is 0. The molecule has 5 heteroatoms. The van der Waals surface area contributed by atoms with Crippen LogP contribution in [0, 0.1) is 0 Å². The Morgan fingerprint density at radius 2 is 2.21 bits per heavy atom. The van der Waals surface area contributed by atoms with E-state index in [1.807, 2.05) is 0 Å². The van der Waals surface area contributed by atoms with Crippen molar-refractivity contribution in [3.05, 3.63) is 33.8 Å². The van der Waals surface area contributed by atoms with E-state index in [1.165, 1.54) is 15.6 Å². The van der Waals surface area contributed by atoms with Crippen molar-refractivity contribution in [2.75, 3.05) is 6.54 Å². The topological polar surface area (TPSA) is 36.4 Å². The first-order valence-corrected chi connectivity index (χ1v) is 7.37. The number of nitrogens with zero attached hydrogens (tertiary/aromatic N) is 1. The average Bonchev–Trinajstić information content (AvgIpc) is 2.72. The zero-order valence-electron chi connectivity index (χ0n) is 10.9. The van der Waals surface area contributed by atoms with Gasteiger partial charge in [-0.2, -0.15) is 0 Å². The predicted molar refractivity (Wildman–Crippen MR) is 93.3 cm³/mol. The minimum Gasteiger partial charge on any atom is -0.354 e. The summed E-state index contributed by atoms with van der Waals surface area (Å²) >= 11 is 3.53. The monoisotopic (exact) mass is 435 g/mol. The van der Waals surface area contributed by atoms with Gasteiger partial charge in [0.25, 0.3) is 0 Å². The number of guanidine groups is 1. The molecule has 19 heavy (non-hydrogen) atoms. The van der Waals surface area contributed by atoms with Crippen LogP contribution >= 0.6 is 39.9 Å². The molecule has 3 nitrogen and oxygen atoms in total. The van der Waals surface area contributed by atoms with Gasteiger partial charge in [0, 0.05) is 17.1 Å². The van der Waals surface area contributed by atoms with Crippen LogP contribution in [0.4, 0.5) is 0 Å². The Labute approximate surface area is 139 Å². The molecule has 0 spiro atoms. The third-order valence-electron chi connectivity index (χ3n) is 3.71. The SMILES string of the molecule is CC1CCN=C(NC2CCc3cc(Br)ccc32)N1.I. The van der Waals surface area contributed by atoms with Gasteiger partial charge in [0.15, 0.2) is 5.96 Å². The molecule has 2 aliphatic rings. The maximum Gasteiger partial charge on any atom is 0.191 e. The van der Waals surface area contributed by atoms with Crippen molar-refractivity contribution in [3.8, 4) is 0 Å². The molecule has 2 N–H and O–H groups in total. The van der Waals surface area contributed by atoms with Gasteiger partial charge in [-0.3, -0.25) is 4.99 Å². The molecule has 0 radical (unpaired) electrons. The first-order valence-electron chi connectivity index (χ1n) is 6.58. The summed E-state index contributed by atoms with van der Waals surface area (Å²) in [7, 11) is 0. The van der Waals surface area contributed by atoms with Crippen LogP contribution in [-0.2, 0) is 6.42 Å². The third kappa shape index (κ3) is 3.42. The fourth-order valence-corrected chi connectivity index (χ4v) is 3.12. The molecular weight excluding hydrogens is 417 g/mol. The summed E-state index contributed by atoms with van der Waals surface area (Å²) in [4.78, 5) is 4.52. The van der Waals surface area contributed by atoms with E-state index in [9.17, 15) is 0 Å². The lowest BCUT2D eigenvalue weighted by molar-refractivity contribution is 0.544. The van der Waals surface area contributed by atoms with Crippen molar-refractivity contribution < 1.29 is 0 Å². The molecule has 1 aliphatic carbocycles. The second-order valence-electron chi connectivity index (χ2n) is 5.14. The van der Waals surface area contributed by atoms with Crippen LogP contribution in [0.3, 0.4) is 0 Å². The maximum absolute atomic E-state index is 4.52. The highest BCUT2D eigenvalue weighted by molar-refractivity contribution is 14.0. The van der Waals surface area contributed by atoms with E-state index in [-0.39, 0.29) is 24.0 Å². The zero-order chi connectivity index (χ0) is 12.5. The number of nitrogens with one attached hydrogen (secondary N) is 2. The summed E-state index contributed by atoms with van der Waals surface area (Å²) in [5, 5.41) is 6.96. The molecule has 0 saturated carbocycles. The Morgan fingerprint density at radius 3 is 3.00 bits per heavy atom. The third-order valence-corrected chi connectivity index (χ3v) is 4.20. The molecule has 1 heterocycles. The van der Waals surface area contributed by atoms with Gasteiger partial charge in [-0.1, -0.05) is 22.0 Å². The molecule has 0 saturated heterocycles. The van der Waals surface area contributed by atoms with E-state index >= 15 is 0 Å². The molecule has 3 rings (SSSR count). The van der Waals surface area contributed by atoms with Crippen LogP contribution in [0.2, 0.25) is 0 Å². The number of halogens is 2.